The first kappa shape index (κ1) is 13.9. The summed E-state index contributed by atoms with van der Waals surface area (Å²) in [5.41, 5.74) is 2.22. The van der Waals surface area contributed by atoms with E-state index >= 15 is 0 Å². The first-order valence-electron chi connectivity index (χ1n) is 7.42. The maximum Gasteiger partial charge on any atom is 0.232 e. The van der Waals surface area contributed by atoms with Gasteiger partial charge >= 0.3 is 0 Å². The lowest BCUT2D eigenvalue weighted by Crippen LogP contribution is -2.37. The van der Waals surface area contributed by atoms with E-state index in [1.807, 2.05) is 4.90 Å². The molecular weight excluding hydrogens is 272 g/mol. The smallest absolute Gasteiger partial charge is 0.232 e. The van der Waals surface area contributed by atoms with E-state index in [9.17, 15) is 4.79 Å². The van der Waals surface area contributed by atoms with E-state index in [1.54, 1.807) is 18.1 Å². The van der Waals surface area contributed by atoms with E-state index in [1.165, 1.54) is 25.9 Å². The van der Waals surface area contributed by atoms with Crippen molar-refractivity contribution in [2.75, 3.05) is 37.7 Å². The van der Waals surface area contributed by atoms with Gasteiger partial charge in [-0.25, -0.2) is 4.98 Å². The van der Waals surface area contributed by atoms with Crippen LogP contribution in [0.4, 0.5) is 0 Å². The number of nitrogens with zero attached hydrogens (tertiary/aromatic N) is 3. The fourth-order valence-electron chi connectivity index (χ4n) is 2.88. The SMILES string of the molecule is O=C(CSCCN1CCCC1)N1CCc2nc[nH]c2C1. The number of rotatable bonds is 5. The zero-order valence-electron chi connectivity index (χ0n) is 11.8. The third-order valence-electron chi connectivity index (χ3n) is 4.10. The van der Waals surface area contributed by atoms with Crippen molar-refractivity contribution in [2.45, 2.75) is 25.8 Å². The van der Waals surface area contributed by atoms with Crippen LogP contribution in [-0.2, 0) is 17.8 Å². The van der Waals surface area contributed by atoms with Crippen molar-refractivity contribution in [1.29, 1.82) is 0 Å². The van der Waals surface area contributed by atoms with Crippen LogP contribution in [0.2, 0.25) is 0 Å². The number of H-pyrrole nitrogens is 1. The zero-order chi connectivity index (χ0) is 13.8. The van der Waals surface area contributed by atoms with Crippen LogP contribution in [0.1, 0.15) is 24.2 Å². The molecule has 3 rings (SSSR count). The number of nitrogens with one attached hydrogen (secondary N) is 1. The average molecular weight is 294 g/mol. The van der Waals surface area contributed by atoms with Gasteiger partial charge in [0.2, 0.25) is 5.91 Å². The van der Waals surface area contributed by atoms with Gasteiger partial charge in [0.15, 0.2) is 0 Å². The lowest BCUT2D eigenvalue weighted by Gasteiger charge is -2.26. The third-order valence-corrected chi connectivity index (χ3v) is 5.03. The Kier molecular flexibility index (Phi) is 4.62. The Labute approximate surface area is 124 Å². The van der Waals surface area contributed by atoms with E-state index in [0.717, 1.165) is 36.7 Å². The number of amides is 1. The maximum absolute atomic E-state index is 12.2. The standard InChI is InChI=1S/C14H22N4OS/c19-14(10-20-8-7-17-4-1-2-5-17)18-6-3-12-13(9-18)16-11-15-12/h11H,1-10H2,(H,15,16). The molecule has 0 aliphatic carbocycles. The summed E-state index contributed by atoms with van der Waals surface area (Å²) < 4.78 is 0. The minimum atomic E-state index is 0.261. The van der Waals surface area contributed by atoms with Crippen LogP contribution in [0.15, 0.2) is 6.33 Å². The fourth-order valence-corrected chi connectivity index (χ4v) is 3.76. The van der Waals surface area contributed by atoms with Crippen molar-refractivity contribution in [1.82, 2.24) is 19.8 Å². The van der Waals surface area contributed by atoms with Gasteiger partial charge in [0.1, 0.15) is 0 Å². The molecule has 20 heavy (non-hydrogen) atoms. The molecule has 5 nitrogen and oxygen atoms in total. The number of hydrogen-bond acceptors (Lipinski definition) is 4. The molecule has 0 spiro atoms. The molecule has 0 unspecified atom stereocenters. The Morgan fingerprint density at radius 1 is 1.35 bits per heavy atom. The highest BCUT2D eigenvalue weighted by Gasteiger charge is 2.22. The number of fused-ring (bicyclic) bond motifs is 1. The molecular formula is C14H22N4OS. The molecule has 0 radical (unpaired) electrons. The van der Waals surface area contributed by atoms with Crippen LogP contribution in [0.25, 0.3) is 0 Å². The predicted octanol–water partition coefficient (Wildman–Crippen LogP) is 1.12. The third kappa shape index (κ3) is 3.35. The molecule has 0 saturated carbocycles. The van der Waals surface area contributed by atoms with Crippen molar-refractivity contribution < 1.29 is 4.79 Å². The average Bonchev–Trinajstić information content (AvgIpc) is 3.13. The second-order valence-electron chi connectivity index (χ2n) is 5.49. The summed E-state index contributed by atoms with van der Waals surface area (Å²) >= 11 is 1.77. The number of imidazole rings is 1. The second-order valence-corrected chi connectivity index (χ2v) is 6.60. The number of hydrogen-bond donors (Lipinski definition) is 1. The van der Waals surface area contributed by atoms with Crippen LogP contribution in [0.3, 0.4) is 0 Å². The van der Waals surface area contributed by atoms with Gasteiger partial charge in [-0.2, -0.15) is 11.8 Å². The van der Waals surface area contributed by atoms with Gasteiger partial charge in [0.25, 0.3) is 0 Å². The Morgan fingerprint density at radius 3 is 3.05 bits per heavy atom. The molecule has 1 saturated heterocycles. The first-order chi connectivity index (χ1) is 9.83. The van der Waals surface area contributed by atoms with Gasteiger partial charge in [-0.05, 0) is 25.9 Å². The summed E-state index contributed by atoms with van der Waals surface area (Å²) in [6, 6.07) is 0. The molecule has 0 atom stereocenters. The van der Waals surface area contributed by atoms with Gasteiger partial charge < -0.3 is 14.8 Å². The molecule has 1 amide bonds. The Morgan fingerprint density at radius 2 is 2.20 bits per heavy atom. The van der Waals surface area contributed by atoms with Crippen molar-refractivity contribution in [3.8, 4) is 0 Å². The summed E-state index contributed by atoms with van der Waals surface area (Å²) in [7, 11) is 0. The van der Waals surface area contributed by atoms with Crippen molar-refractivity contribution >= 4 is 17.7 Å². The van der Waals surface area contributed by atoms with Gasteiger partial charge in [0.05, 0.1) is 30.0 Å². The number of carbonyl (C=O) groups is 1. The molecule has 1 N–H and O–H groups in total. The molecule has 0 aromatic carbocycles. The summed E-state index contributed by atoms with van der Waals surface area (Å²) in [5.74, 6) is 1.93. The monoisotopic (exact) mass is 294 g/mol. The number of carbonyl (C=O) groups excluding carboxylic acids is 1. The molecule has 3 heterocycles. The Balaban J connectivity index is 1.37. The van der Waals surface area contributed by atoms with E-state index in [-0.39, 0.29) is 5.91 Å². The van der Waals surface area contributed by atoms with Gasteiger partial charge in [-0.1, -0.05) is 0 Å². The molecule has 2 aliphatic heterocycles. The van der Waals surface area contributed by atoms with Crippen molar-refractivity contribution in [3.05, 3.63) is 17.7 Å². The van der Waals surface area contributed by atoms with Gasteiger partial charge in [-0.3, -0.25) is 4.79 Å². The highest BCUT2D eigenvalue weighted by molar-refractivity contribution is 7.99. The van der Waals surface area contributed by atoms with Gasteiger partial charge in [0, 0.05) is 25.3 Å². The highest BCUT2D eigenvalue weighted by Crippen LogP contribution is 2.16. The van der Waals surface area contributed by atoms with E-state index in [4.69, 9.17) is 0 Å². The molecule has 1 fully saturated rings. The molecule has 1 aromatic heterocycles. The molecule has 110 valence electrons. The predicted molar refractivity (Wildman–Crippen MR) is 80.7 cm³/mol. The minimum absolute atomic E-state index is 0.261. The highest BCUT2D eigenvalue weighted by atomic mass is 32.2. The van der Waals surface area contributed by atoms with Crippen LogP contribution in [0.5, 0.6) is 0 Å². The van der Waals surface area contributed by atoms with Crippen molar-refractivity contribution in [3.63, 3.8) is 0 Å². The Bertz CT molecular complexity index is 456. The number of aromatic amines is 1. The normalized spacial score (nSPS) is 19.3. The van der Waals surface area contributed by atoms with Crippen molar-refractivity contribution in [2.24, 2.45) is 0 Å². The number of aromatic nitrogens is 2. The summed E-state index contributed by atoms with van der Waals surface area (Å²) in [5, 5.41) is 0. The topological polar surface area (TPSA) is 52.2 Å². The largest absolute Gasteiger partial charge is 0.347 e. The summed E-state index contributed by atoms with van der Waals surface area (Å²) in [6.07, 6.45) is 5.28. The van der Waals surface area contributed by atoms with E-state index in [0.29, 0.717) is 12.3 Å². The lowest BCUT2D eigenvalue weighted by atomic mass is 10.1. The fraction of sp³-hybridized carbons (Fsp3) is 0.714. The van der Waals surface area contributed by atoms with Crippen LogP contribution >= 0.6 is 11.8 Å². The van der Waals surface area contributed by atoms with E-state index < -0.39 is 0 Å². The zero-order valence-corrected chi connectivity index (χ0v) is 12.6. The van der Waals surface area contributed by atoms with Crippen LogP contribution in [-0.4, -0.2) is 63.4 Å². The van der Waals surface area contributed by atoms with Gasteiger partial charge in [-0.15, -0.1) is 0 Å². The van der Waals surface area contributed by atoms with Crippen LogP contribution in [0, 0.1) is 0 Å². The first-order valence-corrected chi connectivity index (χ1v) is 8.57. The number of thioether (sulfide) groups is 1. The Hall–Kier alpha value is -1.01. The summed E-state index contributed by atoms with van der Waals surface area (Å²) in [6.45, 7) is 5.11. The molecule has 6 heteroatoms. The van der Waals surface area contributed by atoms with E-state index in [2.05, 4.69) is 14.9 Å². The maximum atomic E-state index is 12.2. The molecule has 2 aliphatic rings. The molecule has 1 aromatic rings. The van der Waals surface area contributed by atoms with Crippen LogP contribution < -0.4 is 0 Å². The molecule has 0 bridgehead atoms. The lowest BCUT2D eigenvalue weighted by molar-refractivity contribution is -0.129. The quantitative estimate of drug-likeness (QED) is 0.827. The summed E-state index contributed by atoms with van der Waals surface area (Å²) in [4.78, 5) is 24.0. The number of likely N-dealkylation sites (tertiary alicyclic amines) is 1. The second kappa shape index (κ2) is 6.63. The minimum Gasteiger partial charge on any atom is -0.347 e.